The zero-order chi connectivity index (χ0) is 16.1. The summed E-state index contributed by atoms with van der Waals surface area (Å²) in [6.07, 6.45) is 0.441. The monoisotopic (exact) mass is 309 g/mol. The van der Waals surface area contributed by atoms with Crippen LogP contribution in [0.5, 0.6) is 0 Å². The molecule has 0 aromatic heterocycles. The number of nitrogens with one attached hydrogen (secondary N) is 2. The van der Waals surface area contributed by atoms with Crippen molar-refractivity contribution in [3.8, 4) is 0 Å². The molecule has 0 radical (unpaired) electrons. The minimum Gasteiger partial charge on any atom is -0.336 e. The Morgan fingerprint density at radius 1 is 1.00 bits per heavy atom. The molecule has 0 unspecified atom stereocenters. The van der Waals surface area contributed by atoms with Gasteiger partial charge in [0.25, 0.3) is 0 Å². The summed E-state index contributed by atoms with van der Waals surface area (Å²) in [7, 11) is 0. The van der Waals surface area contributed by atoms with Crippen molar-refractivity contribution in [3.05, 3.63) is 65.7 Å². The third-order valence-electron chi connectivity index (χ3n) is 3.84. The van der Waals surface area contributed by atoms with Crippen LogP contribution in [0.25, 0.3) is 0 Å². The minimum atomic E-state index is -0.228. The molecule has 5 heteroatoms. The highest BCUT2D eigenvalue weighted by Crippen LogP contribution is 2.27. The smallest absolute Gasteiger partial charge is 0.315 e. The molecule has 0 atom stereocenters. The molecule has 118 valence electrons. The topological polar surface area (TPSA) is 61.4 Å². The van der Waals surface area contributed by atoms with Gasteiger partial charge in [-0.3, -0.25) is 4.79 Å². The number of benzene rings is 2. The summed E-state index contributed by atoms with van der Waals surface area (Å²) in [4.78, 5) is 25.5. The van der Waals surface area contributed by atoms with E-state index in [0.29, 0.717) is 26.1 Å². The van der Waals surface area contributed by atoms with Crippen molar-refractivity contribution in [1.29, 1.82) is 0 Å². The van der Waals surface area contributed by atoms with Crippen LogP contribution in [0.2, 0.25) is 0 Å². The molecule has 5 nitrogen and oxygen atoms in total. The Labute approximate surface area is 135 Å². The van der Waals surface area contributed by atoms with E-state index in [1.54, 1.807) is 4.90 Å². The van der Waals surface area contributed by atoms with E-state index in [9.17, 15) is 9.59 Å². The average Bonchev–Trinajstić information content (AvgIpc) is 2.90. The summed E-state index contributed by atoms with van der Waals surface area (Å²) >= 11 is 0. The molecule has 2 aromatic rings. The molecule has 23 heavy (non-hydrogen) atoms. The van der Waals surface area contributed by atoms with Crippen LogP contribution in [-0.2, 0) is 17.8 Å². The SMILES string of the molecule is O=C(NCCN1C(=O)Cc2ccccc21)NCc1ccccc1. The molecule has 0 saturated carbocycles. The summed E-state index contributed by atoms with van der Waals surface area (Å²) in [5.74, 6) is 0.0812. The molecule has 0 fully saturated rings. The van der Waals surface area contributed by atoms with Gasteiger partial charge in [-0.15, -0.1) is 0 Å². The Morgan fingerprint density at radius 2 is 1.74 bits per heavy atom. The number of nitrogens with zero attached hydrogens (tertiary/aromatic N) is 1. The maximum absolute atomic E-state index is 12.0. The van der Waals surface area contributed by atoms with Gasteiger partial charge in [0.1, 0.15) is 0 Å². The number of rotatable bonds is 5. The van der Waals surface area contributed by atoms with Crippen LogP contribution in [0.15, 0.2) is 54.6 Å². The van der Waals surface area contributed by atoms with Gasteiger partial charge in [-0.25, -0.2) is 4.79 Å². The van der Waals surface area contributed by atoms with Crippen LogP contribution in [-0.4, -0.2) is 25.0 Å². The van der Waals surface area contributed by atoms with Gasteiger partial charge in [-0.1, -0.05) is 48.5 Å². The summed E-state index contributed by atoms with van der Waals surface area (Å²) in [6.45, 7) is 1.38. The second kappa shape index (κ2) is 6.96. The molecule has 0 bridgehead atoms. The molecule has 3 rings (SSSR count). The molecule has 1 heterocycles. The van der Waals surface area contributed by atoms with E-state index >= 15 is 0 Å². The highest BCUT2D eigenvalue weighted by molar-refractivity contribution is 6.01. The lowest BCUT2D eigenvalue weighted by Crippen LogP contribution is -2.41. The predicted octanol–water partition coefficient (Wildman–Crippen LogP) is 2.08. The first-order valence-electron chi connectivity index (χ1n) is 7.68. The van der Waals surface area contributed by atoms with Crippen LogP contribution in [0.3, 0.4) is 0 Å². The molecule has 1 aliphatic rings. The standard InChI is InChI=1S/C18H19N3O2/c22-17-12-15-8-4-5-9-16(15)21(17)11-10-19-18(23)20-13-14-6-2-1-3-7-14/h1-9H,10-13H2,(H2,19,20,23). The lowest BCUT2D eigenvalue weighted by molar-refractivity contribution is -0.117. The number of hydrogen-bond acceptors (Lipinski definition) is 2. The minimum absolute atomic E-state index is 0.0812. The third kappa shape index (κ3) is 3.69. The van der Waals surface area contributed by atoms with E-state index in [1.165, 1.54) is 0 Å². The predicted molar refractivity (Wildman–Crippen MR) is 89.2 cm³/mol. The maximum atomic E-state index is 12.0. The number of fused-ring (bicyclic) bond motifs is 1. The van der Waals surface area contributed by atoms with Gasteiger partial charge in [0.05, 0.1) is 6.42 Å². The highest BCUT2D eigenvalue weighted by atomic mass is 16.2. The number of para-hydroxylation sites is 1. The molecular weight excluding hydrogens is 290 g/mol. The van der Waals surface area contributed by atoms with Crippen molar-refractivity contribution in [2.24, 2.45) is 0 Å². The molecule has 2 N–H and O–H groups in total. The lowest BCUT2D eigenvalue weighted by Gasteiger charge is -2.17. The van der Waals surface area contributed by atoms with Crippen molar-refractivity contribution in [2.45, 2.75) is 13.0 Å². The molecule has 0 spiro atoms. The van der Waals surface area contributed by atoms with E-state index in [4.69, 9.17) is 0 Å². The summed E-state index contributed by atoms with van der Waals surface area (Å²) in [6, 6.07) is 17.3. The van der Waals surface area contributed by atoms with Crippen LogP contribution in [0, 0.1) is 0 Å². The van der Waals surface area contributed by atoms with Gasteiger partial charge in [0.2, 0.25) is 5.91 Å². The molecular formula is C18H19N3O2. The summed E-state index contributed by atoms with van der Waals surface area (Å²) in [5.41, 5.74) is 3.04. The Balaban J connectivity index is 1.44. The summed E-state index contributed by atoms with van der Waals surface area (Å²) in [5, 5.41) is 5.59. The Bertz CT molecular complexity index is 700. The number of carbonyl (C=O) groups is 2. The number of urea groups is 1. The number of anilines is 1. The fourth-order valence-corrected chi connectivity index (χ4v) is 2.68. The Morgan fingerprint density at radius 3 is 2.57 bits per heavy atom. The van der Waals surface area contributed by atoms with E-state index in [-0.39, 0.29) is 11.9 Å². The molecule has 3 amide bonds. The van der Waals surface area contributed by atoms with Crippen LogP contribution in [0.1, 0.15) is 11.1 Å². The quantitative estimate of drug-likeness (QED) is 0.888. The largest absolute Gasteiger partial charge is 0.336 e. The maximum Gasteiger partial charge on any atom is 0.315 e. The zero-order valence-electron chi connectivity index (χ0n) is 12.8. The first-order valence-corrected chi connectivity index (χ1v) is 7.68. The van der Waals surface area contributed by atoms with Crippen LogP contribution < -0.4 is 15.5 Å². The van der Waals surface area contributed by atoms with Gasteiger partial charge in [0.15, 0.2) is 0 Å². The normalized spacial score (nSPS) is 12.9. The van der Waals surface area contributed by atoms with Crippen molar-refractivity contribution in [1.82, 2.24) is 10.6 Å². The van der Waals surface area contributed by atoms with Crippen molar-refractivity contribution >= 4 is 17.6 Å². The zero-order valence-corrected chi connectivity index (χ0v) is 12.8. The fraction of sp³-hybridized carbons (Fsp3) is 0.222. The van der Waals surface area contributed by atoms with Gasteiger partial charge in [-0.2, -0.15) is 0 Å². The van der Waals surface area contributed by atoms with Crippen molar-refractivity contribution in [3.63, 3.8) is 0 Å². The number of hydrogen-bond donors (Lipinski definition) is 2. The third-order valence-corrected chi connectivity index (χ3v) is 3.84. The highest BCUT2D eigenvalue weighted by Gasteiger charge is 2.26. The second-order valence-corrected chi connectivity index (χ2v) is 5.45. The molecule has 0 aliphatic carbocycles. The first kappa shape index (κ1) is 15.1. The van der Waals surface area contributed by atoms with Crippen LogP contribution >= 0.6 is 0 Å². The summed E-state index contributed by atoms with van der Waals surface area (Å²) < 4.78 is 0. The number of amides is 3. The van der Waals surface area contributed by atoms with E-state index in [0.717, 1.165) is 16.8 Å². The van der Waals surface area contributed by atoms with Crippen molar-refractivity contribution in [2.75, 3.05) is 18.0 Å². The van der Waals surface area contributed by atoms with E-state index < -0.39 is 0 Å². The Hall–Kier alpha value is -2.82. The van der Waals surface area contributed by atoms with E-state index in [2.05, 4.69) is 10.6 Å². The fourth-order valence-electron chi connectivity index (χ4n) is 2.68. The number of carbonyl (C=O) groups excluding carboxylic acids is 2. The molecule has 1 aliphatic heterocycles. The Kier molecular flexibility index (Phi) is 4.57. The first-order chi connectivity index (χ1) is 11.2. The van der Waals surface area contributed by atoms with Gasteiger partial charge in [-0.05, 0) is 17.2 Å². The van der Waals surface area contributed by atoms with Gasteiger partial charge < -0.3 is 15.5 Å². The molecule has 2 aromatic carbocycles. The van der Waals surface area contributed by atoms with Gasteiger partial charge >= 0.3 is 6.03 Å². The van der Waals surface area contributed by atoms with Crippen molar-refractivity contribution < 1.29 is 9.59 Å². The molecule has 0 saturated heterocycles. The second-order valence-electron chi connectivity index (χ2n) is 5.45. The lowest BCUT2D eigenvalue weighted by atomic mass is 10.2. The van der Waals surface area contributed by atoms with E-state index in [1.807, 2.05) is 54.6 Å². The van der Waals surface area contributed by atoms with Gasteiger partial charge in [0, 0.05) is 25.3 Å². The van der Waals surface area contributed by atoms with Crippen LogP contribution in [0.4, 0.5) is 10.5 Å². The average molecular weight is 309 g/mol.